The third kappa shape index (κ3) is 1.40. The van der Waals surface area contributed by atoms with Gasteiger partial charge in [0.2, 0.25) is 0 Å². The average molecular weight is 182 g/mol. The summed E-state index contributed by atoms with van der Waals surface area (Å²) in [6.07, 6.45) is 3.99. The highest BCUT2D eigenvalue weighted by Crippen LogP contribution is 2.17. The number of aromatic amines is 1. The molecule has 14 heavy (non-hydrogen) atoms. The van der Waals surface area contributed by atoms with E-state index in [1.165, 1.54) is 0 Å². The maximum absolute atomic E-state index is 8.73. The van der Waals surface area contributed by atoms with Gasteiger partial charge in [0.25, 0.3) is 0 Å². The molecule has 0 radical (unpaired) electrons. The maximum Gasteiger partial charge on any atom is 0.0991 e. The summed E-state index contributed by atoms with van der Waals surface area (Å²) >= 11 is 0. The molecule has 1 N–H and O–H groups in total. The van der Waals surface area contributed by atoms with Gasteiger partial charge in [-0.25, -0.2) is 0 Å². The lowest BCUT2D eigenvalue weighted by Crippen LogP contribution is -1.72. The number of nitriles is 1. The van der Waals surface area contributed by atoms with Crippen LogP contribution in [0.15, 0.2) is 30.3 Å². The molecule has 2 nitrogen and oxygen atoms in total. The van der Waals surface area contributed by atoms with Gasteiger partial charge in [0.15, 0.2) is 0 Å². The largest absolute Gasteiger partial charge is 0.355 e. The van der Waals surface area contributed by atoms with E-state index in [2.05, 4.69) is 11.1 Å². The molecular weight excluding hydrogens is 172 g/mol. The van der Waals surface area contributed by atoms with Crippen LogP contribution < -0.4 is 0 Å². The molecule has 0 atom stereocenters. The van der Waals surface area contributed by atoms with Gasteiger partial charge >= 0.3 is 0 Å². The van der Waals surface area contributed by atoms with E-state index >= 15 is 0 Å². The Kier molecular flexibility index (Phi) is 2.08. The molecule has 0 aliphatic carbocycles. The molecule has 0 fully saturated rings. The molecule has 0 saturated heterocycles. The first-order valence-corrected chi connectivity index (χ1v) is 4.49. The number of nitrogens with zero attached hydrogens (tertiary/aromatic N) is 1. The first-order valence-electron chi connectivity index (χ1n) is 4.49. The predicted octanol–water partition coefficient (Wildman–Crippen LogP) is 3.07. The Morgan fingerprint density at radius 3 is 2.93 bits per heavy atom. The standard InChI is InChI=1S/C12H10N2/c1-2-3-11-7-10-6-9(8-13)4-5-12(10)14-11/h2-7,14H,1H3/b3-2+. The summed E-state index contributed by atoms with van der Waals surface area (Å²) in [6, 6.07) is 9.80. The van der Waals surface area contributed by atoms with Crippen molar-refractivity contribution >= 4 is 17.0 Å². The van der Waals surface area contributed by atoms with Crippen LogP contribution in [0.25, 0.3) is 17.0 Å². The van der Waals surface area contributed by atoms with Gasteiger partial charge in [-0.05, 0) is 37.3 Å². The first-order chi connectivity index (χ1) is 6.83. The molecule has 68 valence electrons. The number of allylic oxidation sites excluding steroid dienone is 1. The van der Waals surface area contributed by atoms with Crippen LogP contribution in [0.1, 0.15) is 18.2 Å². The fourth-order valence-electron chi connectivity index (χ4n) is 1.49. The van der Waals surface area contributed by atoms with Crippen molar-refractivity contribution in [2.24, 2.45) is 0 Å². The van der Waals surface area contributed by atoms with Crippen molar-refractivity contribution in [3.63, 3.8) is 0 Å². The van der Waals surface area contributed by atoms with Crippen molar-refractivity contribution in [2.45, 2.75) is 6.92 Å². The number of hydrogen-bond donors (Lipinski definition) is 1. The van der Waals surface area contributed by atoms with Crippen LogP contribution in [0.5, 0.6) is 0 Å². The van der Waals surface area contributed by atoms with Crippen LogP contribution in [0.2, 0.25) is 0 Å². The van der Waals surface area contributed by atoms with Crippen molar-refractivity contribution in [2.75, 3.05) is 0 Å². The van der Waals surface area contributed by atoms with Crippen LogP contribution in [0.3, 0.4) is 0 Å². The van der Waals surface area contributed by atoms with E-state index in [1.807, 2.05) is 43.3 Å². The predicted molar refractivity (Wildman–Crippen MR) is 57.7 cm³/mol. The summed E-state index contributed by atoms with van der Waals surface area (Å²) in [5, 5.41) is 9.81. The SMILES string of the molecule is C/C=C/c1cc2cc(C#N)ccc2[nH]1. The highest BCUT2D eigenvalue weighted by Gasteiger charge is 1.98. The van der Waals surface area contributed by atoms with Gasteiger partial charge in [0, 0.05) is 16.6 Å². The Labute approximate surface area is 82.5 Å². The van der Waals surface area contributed by atoms with Crippen molar-refractivity contribution in [3.8, 4) is 6.07 Å². The van der Waals surface area contributed by atoms with Gasteiger partial charge in [0.1, 0.15) is 0 Å². The van der Waals surface area contributed by atoms with Gasteiger partial charge in [-0.2, -0.15) is 5.26 Å². The van der Waals surface area contributed by atoms with Gasteiger partial charge < -0.3 is 4.98 Å². The summed E-state index contributed by atoms with van der Waals surface area (Å²) in [5.74, 6) is 0. The third-order valence-electron chi connectivity index (χ3n) is 2.12. The molecule has 0 bridgehead atoms. The molecule has 2 heteroatoms. The number of hydrogen-bond acceptors (Lipinski definition) is 1. The molecule has 1 heterocycles. The Hall–Kier alpha value is -2.01. The summed E-state index contributed by atoms with van der Waals surface area (Å²) in [4.78, 5) is 3.25. The minimum absolute atomic E-state index is 0.698. The van der Waals surface area contributed by atoms with E-state index < -0.39 is 0 Å². The smallest absolute Gasteiger partial charge is 0.0991 e. The number of nitrogens with one attached hydrogen (secondary N) is 1. The van der Waals surface area contributed by atoms with Crippen molar-refractivity contribution in [1.82, 2.24) is 4.98 Å². The lowest BCUT2D eigenvalue weighted by atomic mass is 10.2. The average Bonchev–Trinajstić information content (AvgIpc) is 2.59. The molecule has 2 rings (SSSR count). The summed E-state index contributed by atoms with van der Waals surface area (Å²) in [7, 11) is 0. The highest BCUT2D eigenvalue weighted by atomic mass is 14.7. The monoisotopic (exact) mass is 182 g/mol. The second-order valence-electron chi connectivity index (χ2n) is 3.14. The van der Waals surface area contributed by atoms with Gasteiger partial charge in [0.05, 0.1) is 11.6 Å². The lowest BCUT2D eigenvalue weighted by Gasteiger charge is -1.88. The Balaban J connectivity index is 2.61. The molecule has 0 amide bonds. The summed E-state index contributed by atoms with van der Waals surface area (Å²) in [5.41, 5.74) is 2.83. The topological polar surface area (TPSA) is 39.6 Å². The van der Waals surface area contributed by atoms with Gasteiger partial charge in [-0.15, -0.1) is 0 Å². The number of rotatable bonds is 1. The molecule has 2 aromatic rings. The fourth-order valence-corrected chi connectivity index (χ4v) is 1.49. The van der Waals surface area contributed by atoms with Crippen LogP contribution in [-0.2, 0) is 0 Å². The number of H-pyrrole nitrogens is 1. The normalized spacial score (nSPS) is 10.9. The second kappa shape index (κ2) is 3.39. The zero-order chi connectivity index (χ0) is 9.97. The third-order valence-corrected chi connectivity index (χ3v) is 2.12. The molecule has 0 spiro atoms. The van der Waals surface area contributed by atoms with Gasteiger partial charge in [-0.1, -0.05) is 6.08 Å². The van der Waals surface area contributed by atoms with Crippen LogP contribution >= 0.6 is 0 Å². The van der Waals surface area contributed by atoms with E-state index in [9.17, 15) is 0 Å². The van der Waals surface area contributed by atoms with Crippen molar-refractivity contribution < 1.29 is 0 Å². The molecule has 1 aromatic carbocycles. The van der Waals surface area contributed by atoms with Gasteiger partial charge in [-0.3, -0.25) is 0 Å². The zero-order valence-electron chi connectivity index (χ0n) is 7.91. The molecule has 1 aromatic heterocycles. The lowest BCUT2D eigenvalue weighted by molar-refractivity contribution is 1.42. The molecule has 0 saturated carbocycles. The highest BCUT2D eigenvalue weighted by molar-refractivity contribution is 5.83. The Morgan fingerprint density at radius 1 is 1.36 bits per heavy atom. The number of benzene rings is 1. The van der Waals surface area contributed by atoms with E-state index in [-0.39, 0.29) is 0 Å². The number of aromatic nitrogens is 1. The molecule has 0 aliphatic heterocycles. The maximum atomic E-state index is 8.73. The molecular formula is C12H10N2. The zero-order valence-corrected chi connectivity index (χ0v) is 7.91. The Morgan fingerprint density at radius 2 is 2.21 bits per heavy atom. The minimum atomic E-state index is 0.698. The van der Waals surface area contributed by atoms with E-state index in [4.69, 9.17) is 5.26 Å². The summed E-state index contributed by atoms with van der Waals surface area (Å²) in [6.45, 7) is 1.98. The summed E-state index contributed by atoms with van der Waals surface area (Å²) < 4.78 is 0. The second-order valence-corrected chi connectivity index (χ2v) is 3.14. The molecule has 0 aliphatic rings. The van der Waals surface area contributed by atoms with Crippen molar-refractivity contribution in [3.05, 3.63) is 41.6 Å². The van der Waals surface area contributed by atoms with E-state index in [0.717, 1.165) is 16.6 Å². The van der Waals surface area contributed by atoms with Crippen LogP contribution in [0.4, 0.5) is 0 Å². The first kappa shape index (κ1) is 8.58. The quantitative estimate of drug-likeness (QED) is 0.723. The van der Waals surface area contributed by atoms with E-state index in [1.54, 1.807) is 0 Å². The van der Waals surface area contributed by atoms with E-state index in [0.29, 0.717) is 5.56 Å². The molecule has 0 unspecified atom stereocenters. The van der Waals surface area contributed by atoms with Crippen LogP contribution in [0, 0.1) is 11.3 Å². The minimum Gasteiger partial charge on any atom is -0.355 e. The van der Waals surface area contributed by atoms with Crippen molar-refractivity contribution in [1.29, 1.82) is 5.26 Å². The Bertz CT molecular complexity index is 527. The fraction of sp³-hybridized carbons (Fsp3) is 0.0833. The number of fused-ring (bicyclic) bond motifs is 1. The van der Waals surface area contributed by atoms with Crippen LogP contribution in [-0.4, -0.2) is 4.98 Å².